The van der Waals surface area contributed by atoms with Crippen molar-refractivity contribution in [3.63, 3.8) is 0 Å². The average Bonchev–Trinajstić information content (AvgIpc) is 2.48. The summed E-state index contributed by atoms with van der Waals surface area (Å²) < 4.78 is 15.7. The van der Waals surface area contributed by atoms with E-state index in [1.807, 2.05) is 23.2 Å². The molecular formula is C13H19N3O3S. The molecule has 2 N–H and O–H groups in total. The Balaban J connectivity index is 1.93. The third-order valence-corrected chi connectivity index (χ3v) is 3.11. The summed E-state index contributed by atoms with van der Waals surface area (Å²) in [6.45, 7) is 3.06. The molecule has 0 unspecified atom stereocenters. The zero-order chi connectivity index (χ0) is 14.4. The number of hydrogen-bond acceptors (Lipinski definition) is 5. The van der Waals surface area contributed by atoms with Crippen LogP contribution in [0.2, 0.25) is 0 Å². The minimum Gasteiger partial charge on any atom is -0.493 e. The molecule has 1 aromatic rings. The van der Waals surface area contributed by atoms with Gasteiger partial charge in [0.05, 0.1) is 27.4 Å². The Hall–Kier alpha value is -1.57. The van der Waals surface area contributed by atoms with Gasteiger partial charge in [-0.15, -0.1) is 0 Å². The first kappa shape index (κ1) is 14.8. The number of anilines is 1. The Bertz CT molecular complexity index is 464. The maximum absolute atomic E-state index is 5.28. The summed E-state index contributed by atoms with van der Waals surface area (Å²) in [5.41, 5.74) is 3.98. The minimum absolute atomic E-state index is 0.541. The molecule has 0 bridgehead atoms. The molecule has 1 aromatic carbocycles. The molecule has 0 aliphatic carbocycles. The van der Waals surface area contributed by atoms with Crippen LogP contribution in [0.25, 0.3) is 0 Å². The van der Waals surface area contributed by atoms with Gasteiger partial charge in [-0.2, -0.15) is 0 Å². The van der Waals surface area contributed by atoms with E-state index < -0.39 is 0 Å². The van der Waals surface area contributed by atoms with Gasteiger partial charge < -0.3 is 19.5 Å². The third kappa shape index (κ3) is 3.96. The number of hydrazine groups is 1. The van der Waals surface area contributed by atoms with Crippen LogP contribution in [-0.2, 0) is 4.74 Å². The lowest BCUT2D eigenvalue weighted by molar-refractivity contribution is 0.0252. The summed E-state index contributed by atoms with van der Waals surface area (Å²) in [5.74, 6) is 1.34. The lowest BCUT2D eigenvalue weighted by atomic mass is 10.3. The lowest BCUT2D eigenvalue weighted by Crippen LogP contribution is -2.49. The van der Waals surface area contributed by atoms with Crippen LogP contribution in [0, 0.1) is 0 Å². The number of nitrogens with zero attached hydrogens (tertiary/aromatic N) is 1. The van der Waals surface area contributed by atoms with Crippen molar-refractivity contribution < 1.29 is 14.2 Å². The average molecular weight is 297 g/mol. The van der Waals surface area contributed by atoms with E-state index in [0.29, 0.717) is 29.8 Å². The van der Waals surface area contributed by atoms with E-state index in [0.717, 1.165) is 18.8 Å². The molecule has 1 saturated heterocycles. The summed E-state index contributed by atoms with van der Waals surface area (Å²) in [4.78, 5) is 0. The number of methoxy groups -OCH3 is 2. The van der Waals surface area contributed by atoms with Crippen molar-refractivity contribution in [1.29, 1.82) is 0 Å². The standard InChI is InChI=1S/C13H19N3O3S/c1-17-11-4-3-10(9-12(11)18-2)14-13(20)15-16-5-7-19-8-6-16/h3-4,9H,5-8H2,1-2H3,(H2,14,15,20). The predicted octanol–water partition coefficient (Wildman–Crippen LogP) is 1.24. The maximum Gasteiger partial charge on any atom is 0.185 e. The van der Waals surface area contributed by atoms with E-state index >= 15 is 0 Å². The van der Waals surface area contributed by atoms with Crippen molar-refractivity contribution in [1.82, 2.24) is 10.4 Å². The molecule has 0 spiro atoms. The fraction of sp³-hybridized carbons (Fsp3) is 0.462. The van der Waals surface area contributed by atoms with Crippen LogP contribution >= 0.6 is 12.2 Å². The van der Waals surface area contributed by atoms with E-state index in [-0.39, 0.29) is 0 Å². The van der Waals surface area contributed by atoms with Crippen LogP contribution in [-0.4, -0.2) is 50.6 Å². The van der Waals surface area contributed by atoms with Gasteiger partial charge in [-0.3, -0.25) is 5.43 Å². The van der Waals surface area contributed by atoms with Crippen molar-refractivity contribution in [2.24, 2.45) is 0 Å². The molecule has 110 valence electrons. The Labute approximate surface area is 124 Å². The van der Waals surface area contributed by atoms with Crippen molar-refractivity contribution in [2.45, 2.75) is 0 Å². The van der Waals surface area contributed by atoms with Gasteiger partial charge in [-0.25, -0.2) is 5.01 Å². The fourth-order valence-corrected chi connectivity index (χ4v) is 2.14. The highest BCUT2D eigenvalue weighted by molar-refractivity contribution is 7.80. The van der Waals surface area contributed by atoms with Crippen LogP contribution in [0.15, 0.2) is 18.2 Å². The highest BCUT2D eigenvalue weighted by Crippen LogP contribution is 2.29. The first-order valence-electron chi connectivity index (χ1n) is 6.35. The molecular weight excluding hydrogens is 278 g/mol. The lowest BCUT2D eigenvalue weighted by Gasteiger charge is -2.28. The molecule has 0 saturated carbocycles. The summed E-state index contributed by atoms with van der Waals surface area (Å²) in [6.07, 6.45) is 0. The number of thiocarbonyl (C=S) groups is 1. The second-order valence-corrected chi connectivity index (χ2v) is 4.64. The van der Waals surface area contributed by atoms with Gasteiger partial charge in [-0.05, 0) is 24.4 Å². The van der Waals surface area contributed by atoms with Crippen molar-refractivity contribution in [2.75, 3.05) is 45.8 Å². The monoisotopic (exact) mass is 297 g/mol. The third-order valence-electron chi connectivity index (χ3n) is 2.91. The van der Waals surface area contributed by atoms with Gasteiger partial charge in [0, 0.05) is 24.8 Å². The topological polar surface area (TPSA) is 55.0 Å². The SMILES string of the molecule is COc1ccc(NC(=S)NN2CCOCC2)cc1OC. The number of morpholine rings is 1. The minimum atomic E-state index is 0.541. The van der Waals surface area contributed by atoms with Gasteiger partial charge in [0.2, 0.25) is 0 Å². The predicted molar refractivity (Wildman–Crippen MR) is 81.3 cm³/mol. The van der Waals surface area contributed by atoms with Crippen LogP contribution < -0.4 is 20.2 Å². The fourth-order valence-electron chi connectivity index (χ4n) is 1.89. The number of rotatable bonds is 4. The summed E-state index contributed by atoms with van der Waals surface area (Å²) in [6, 6.07) is 5.55. The molecule has 1 heterocycles. The molecule has 20 heavy (non-hydrogen) atoms. The Kier molecular flexibility index (Phi) is 5.40. The quantitative estimate of drug-likeness (QED) is 0.811. The summed E-state index contributed by atoms with van der Waals surface area (Å²) in [5, 5.41) is 5.69. The van der Waals surface area contributed by atoms with Crippen LogP contribution in [0.5, 0.6) is 11.5 Å². The van der Waals surface area contributed by atoms with Crippen LogP contribution in [0.1, 0.15) is 0 Å². The van der Waals surface area contributed by atoms with Gasteiger partial charge in [0.15, 0.2) is 16.6 Å². The second kappa shape index (κ2) is 7.28. The molecule has 1 fully saturated rings. The van der Waals surface area contributed by atoms with Crippen molar-refractivity contribution in [3.8, 4) is 11.5 Å². The van der Waals surface area contributed by atoms with E-state index in [1.165, 1.54) is 0 Å². The molecule has 2 rings (SSSR count). The van der Waals surface area contributed by atoms with Crippen LogP contribution in [0.4, 0.5) is 5.69 Å². The van der Waals surface area contributed by atoms with Gasteiger partial charge in [0.1, 0.15) is 0 Å². The van der Waals surface area contributed by atoms with E-state index in [9.17, 15) is 0 Å². The molecule has 0 aromatic heterocycles. The summed E-state index contributed by atoms with van der Waals surface area (Å²) in [7, 11) is 3.21. The Morgan fingerprint density at radius 2 is 1.90 bits per heavy atom. The zero-order valence-electron chi connectivity index (χ0n) is 11.6. The van der Waals surface area contributed by atoms with Crippen molar-refractivity contribution in [3.05, 3.63) is 18.2 Å². The van der Waals surface area contributed by atoms with Gasteiger partial charge in [0.25, 0.3) is 0 Å². The van der Waals surface area contributed by atoms with E-state index in [2.05, 4.69) is 10.7 Å². The number of hydrogen-bond donors (Lipinski definition) is 2. The number of ether oxygens (including phenoxy) is 3. The molecule has 7 heteroatoms. The van der Waals surface area contributed by atoms with Crippen molar-refractivity contribution >= 4 is 23.0 Å². The first-order valence-corrected chi connectivity index (χ1v) is 6.76. The highest BCUT2D eigenvalue weighted by atomic mass is 32.1. The smallest absolute Gasteiger partial charge is 0.185 e. The molecule has 6 nitrogen and oxygen atoms in total. The van der Waals surface area contributed by atoms with Gasteiger partial charge in [-0.1, -0.05) is 0 Å². The first-order chi connectivity index (χ1) is 9.72. The normalized spacial score (nSPS) is 15.5. The Morgan fingerprint density at radius 3 is 2.55 bits per heavy atom. The van der Waals surface area contributed by atoms with E-state index in [1.54, 1.807) is 14.2 Å². The van der Waals surface area contributed by atoms with Gasteiger partial charge >= 0.3 is 0 Å². The maximum atomic E-state index is 5.28. The molecule has 1 aliphatic rings. The number of benzene rings is 1. The Morgan fingerprint density at radius 1 is 1.20 bits per heavy atom. The summed E-state index contributed by atoms with van der Waals surface area (Å²) >= 11 is 5.28. The molecule has 1 aliphatic heterocycles. The van der Waals surface area contributed by atoms with Crippen LogP contribution in [0.3, 0.4) is 0 Å². The zero-order valence-corrected chi connectivity index (χ0v) is 12.5. The number of nitrogens with one attached hydrogen (secondary N) is 2. The van der Waals surface area contributed by atoms with E-state index in [4.69, 9.17) is 26.4 Å². The second-order valence-electron chi connectivity index (χ2n) is 4.24. The molecule has 0 radical (unpaired) electrons. The highest BCUT2D eigenvalue weighted by Gasteiger charge is 2.11. The molecule has 0 amide bonds. The molecule has 0 atom stereocenters. The largest absolute Gasteiger partial charge is 0.493 e.